The minimum Gasteiger partial charge on any atom is -0.474 e. The summed E-state index contributed by atoms with van der Waals surface area (Å²) in [6.45, 7) is 14.3. The van der Waals surface area contributed by atoms with Crippen LogP contribution in [0.2, 0.25) is 18.1 Å². The summed E-state index contributed by atoms with van der Waals surface area (Å²) < 4.78 is 13.0. The Morgan fingerprint density at radius 1 is 1.26 bits per heavy atom. The highest BCUT2D eigenvalue weighted by molar-refractivity contribution is 7.19. The van der Waals surface area contributed by atoms with Gasteiger partial charge in [0.1, 0.15) is 17.3 Å². The van der Waals surface area contributed by atoms with Gasteiger partial charge in [-0.05, 0) is 81.0 Å². The van der Waals surface area contributed by atoms with Gasteiger partial charge in [-0.1, -0.05) is 27.7 Å². The molecule has 194 valence electrons. The van der Waals surface area contributed by atoms with Gasteiger partial charge in [0, 0.05) is 17.0 Å². The number of hydrogen-bond acceptors (Lipinski definition) is 6. The Kier molecular flexibility index (Phi) is 7.51. The minimum atomic E-state index is -1.76. The van der Waals surface area contributed by atoms with Crippen molar-refractivity contribution in [1.29, 1.82) is 0 Å². The average Bonchev–Trinajstić information content (AvgIpc) is 3.34. The fourth-order valence-electron chi connectivity index (χ4n) is 5.30. The quantitative estimate of drug-likeness (QED) is 0.370. The highest BCUT2D eigenvalue weighted by Crippen LogP contribution is 2.48. The van der Waals surface area contributed by atoms with Gasteiger partial charge >= 0.3 is 6.09 Å². The number of amides is 1. The highest BCUT2D eigenvalue weighted by atomic mass is 32.1. The van der Waals surface area contributed by atoms with Gasteiger partial charge in [-0.15, -0.1) is 11.3 Å². The van der Waals surface area contributed by atoms with Gasteiger partial charge < -0.3 is 19.6 Å². The van der Waals surface area contributed by atoms with Crippen LogP contribution in [0, 0.1) is 0 Å². The van der Waals surface area contributed by atoms with Crippen molar-refractivity contribution in [3.8, 4) is 5.88 Å². The molecule has 0 saturated heterocycles. The predicted octanol–water partition coefficient (Wildman–Crippen LogP) is 6.87. The van der Waals surface area contributed by atoms with Gasteiger partial charge in [-0.2, -0.15) is 0 Å². The van der Waals surface area contributed by atoms with E-state index in [1.807, 2.05) is 0 Å². The number of aromatic nitrogens is 2. The molecule has 1 amide bonds. The third-order valence-electron chi connectivity index (χ3n) is 8.65. The van der Waals surface area contributed by atoms with E-state index in [-0.39, 0.29) is 16.7 Å². The zero-order valence-electron chi connectivity index (χ0n) is 22.1. The summed E-state index contributed by atoms with van der Waals surface area (Å²) in [4.78, 5) is 22.9. The van der Waals surface area contributed by atoms with E-state index in [0.717, 1.165) is 68.2 Å². The molecule has 0 aromatic carbocycles. The molecule has 0 bridgehead atoms. The third-order valence-corrected chi connectivity index (χ3v) is 14.4. The molecular formula is C26H41N3O4SSi. The number of rotatable bonds is 8. The standard InChI is InChI=1S/C26H41N3O4SSi/c1-7-26(29-24(30)31)13-10-18(11-14-26)33-22-21-20-17(12-15-32-35(5,6)25(2,3)4)8-9-19(20)34-23(21)28-16-27-22/h16-18,29H,7-15H2,1-6H3,(H,30,31)/t17-,18?,26?/m1/s1. The SMILES string of the molecule is CCC1(NC(=O)O)CCC(Oc2ncnc3sc4c(c23)[C@@H](CCO[Si](C)(C)C(C)(C)C)CC4)CC1. The van der Waals surface area contributed by atoms with Crippen molar-refractivity contribution in [3.05, 3.63) is 16.8 Å². The Labute approximate surface area is 214 Å². The van der Waals surface area contributed by atoms with Crippen LogP contribution in [0.3, 0.4) is 0 Å². The zero-order chi connectivity index (χ0) is 25.4. The lowest BCUT2D eigenvalue weighted by atomic mass is 9.78. The van der Waals surface area contributed by atoms with Crippen molar-refractivity contribution >= 4 is 36.0 Å². The number of carbonyl (C=O) groups is 1. The summed E-state index contributed by atoms with van der Waals surface area (Å²) in [5.74, 6) is 1.15. The largest absolute Gasteiger partial charge is 0.474 e. The lowest BCUT2D eigenvalue weighted by Gasteiger charge is -2.39. The maximum Gasteiger partial charge on any atom is 0.405 e. The molecule has 0 spiro atoms. The molecule has 2 aliphatic rings. The summed E-state index contributed by atoms with van der Waals surface area (Å²) >= 11 is 1.78. The second-order valence-electron chi connectivity index (χ2n) is 11.8. The predicted molar refractivity (Wildman–Crippen MR) is 143 cm³/mol. The van der Waals surface area contributed by atoms with Crippen LogP contribution in [0.1, 0.15) is 89.0 Å². The molecule has 0 unspecified atom stereocenters. The second kappa shape index (κ2) is 9.98. The van der Waals surface area contributed by atoms with Gasteiger partial charge in [-0.3, -0.25) is 0 Å². The highest BCUT2D eigenvalue weighted by Gasteiger charge is 2.39. The average molecular weight is 520 g/mol. The van der Waals surface area contributed by atoms with E-state index in [0.29, 0.717) is 11.8 Å². The second-order valence-corrected chi connectivity index (χ2v) is 17.7. The number of ether oxygens (including phenoxy) is 1. The molecule has 2 heterocycles. The van der Waals surface area contributed by atoms with Gasteiger partial charge in [0.05, 0.1) is 5.39 Å². The summed E-state index contributed by atoms with van der Waals surface area (Å²) in [7, 11) is -1.76. The van der Waals surface area contributed by atoms with Crippen LogP contribution >= 0.6 is 11.3 Å². The van der Waals surface area contributed by atoms with Crippen LogP contribution in [0.5, 0.6) is 5.88 Å². The molecule has 4 rings (SSSR count). The molecule has 35 heavy (non-hydrogen) atoms. The van der Waals surface area contributed by atoms with E-state index in [1.165, 1.54) is 10.4 Å². The normalized spacial score (nSPS) is 25.0. The van der Waals surface area contributed by atoms with Crippen LogP contribution in [0.15, 0.2) is 6.33 Å². The molecule has 0 radical (unpaired) electrons. The van der Waals surface area contributed by atoms with Crippen LogP contribution in [-0.4, -0.2) is 47.7 Å². The van der Waals surface area contributed by atoms with E-state index < -0.39 is 14.4 Å². The van der Waals surface area contributed by atoms with Crippen LogP contribution in [-0.2, 0) is 10.8 Å². The van der Waals surface area contributed by atoms with E-state index in [2.05, 4.69) is 56.1 Å². The summed E-state index contributed by atoms with van der Waals surface area (Å²) in [5, 5.41) is 13.3. The summed E-state index contributed by atoms with van der Waals surface area (Å²) in [6, 6.07) is 0. The number of nitrogens with one attached hydrogen (secondary N) is 1. The molecule has 0 aliphatic heterocycles. The number of carboxylic acid groups (broad SMARTS) is 1. The van der Waals surface area contributed by atoms with Crippen molar-refractivity contribution in [2.45, 2.75) is 115 Å². The van der Waals surface area contributed by atoms with Crippen molar-refractivity contribution in [2.75, 3.05) is 6.61 Å². The van der Waals surface area contributed by atoms with Crippen molar-refractivity contribution in [3.63, 3.8) is 0 Å². The van der Waals surface area contributed by atoms with Gasteiger partial charge in [0.25, 0.3) is 0 Å². The first-order valence-electron chi connectivity index (χ1n) is 13.0. The maximum absolute atomic E-state index is 11.3. The zero-order valence-corrected chi connectivity index (χ0v) is 23.9. The molecule has 1 saturated carbocycles. The van der Waals surface area contributed by atoms with E-state index in [4.69, 9.17) is 9.16 Å². The Hall–Kier alpha value is -1.71. The smallest absolute Gasteiger partial charge is 0.405 e. The first kappa shape index (κ1) is 26.4. The molecule has 1 fully saturated rings. The lowest BCUT2D eigenvalue weighted by molar-refractivity contribution is 0.0934. The van der Waals surface area contributed by atoms with E-state index in [9.17, 15) is 9.90 Å². The molecule has 2 aromatic rings. The van der Waals surface area contributed by atoms with Crippen molar-refractivity contribution < 1.29 is 19.1 Å². The molecular weight excluding hydrogens is 478 g/mol. The number of nitrogens with zero attached hydrogens (tertiary/aromatic N) is 2. The van der Waals surface area contributed by atoms with Crippen LogP contribution in [0.25, 0.3) is 10.2 Å². The Morgan fingerprint density at radius 3 is 2.60 bits per heavy atom. The summed E-state index contributed by atoms with van der Waals surface area (Å²) in [6.07, 6.45) is 7.95. The molecule has 2 N–H and O–H groups in total. The maximum atomic E-state index is 11.3. The Morgan fingerprint density at radius 2 is 1.97 bits per heavy atom. The van der Waals surface area contributed by atoms with Gasteiger partial charge in [-0.25, -0.2) is 14.8 Å². The number of hydrogen-bond donors (Lipinski definition) is 2. The fraction of sp³-hybridized carbons (Fsp3) is 0.731. The van der Waals surface area contributed by atoms with Gasteiger partial charge in [0.15, 0.2) is 8.32 Å². The first-order chi connectivity index (χ1) is 16.4. The molecule has 7 nitrogen and oxygen atoms in total. The third kappa shape index (κ3) is 5.51. The summed E-state index contributed by atoms with van der Waals surface area (Å²) in [5.41, 5.74) is 1.04. The molecule has 2 aromatic heterocycles. The van der Waals surface area contributed by atoms with E-state index in [1.54, 1.807) is 17.7 Å². The first-order valence-corrected chi connectivity index (χ1v) is 16.7. The monoisotopic (exact) mass is 519 g/mol. The van der Waals surface area contributed by atoms with Crippen molar-refractivity contribution in [2.24, 2.45) is 0 Å². The number of fused-ring (bicyclic) bond motifs is 3. The minimum absolute atomic E-state index is 0.0423. The lowest BCUT2D eigenvalue weighted by Crippen LogP contribution is -2.51. The Balaban J connectivity index is 1.48. The Bertz CT molecular complexity index is 1060. The van der Waals surface area contributed by atoms with Gasteiger partial charge in [0.2, 0.25) is 5.88 Å². The van der Waals surface area contributed by atoms with Crippen LogP contribution < -0.4 is 10.1 Å². The molecule has 9 heteroatoms. The molecule has 2 aliphatic carbocycles. The number of aryl methyl sites for hydroxylation is 1. The van der Waals surface area contributed by atoms with Crippen LogP contribution in [0.4, 0.5) is 4.79 Å². The topological polar surface area (TPSA) is 93.6 Å². The fourth-order valence-corrected chi connectivity index (χ4v) is 7.60. The van der Waals surface area contributed by atoms with E-state index >= 15 is 0 Å². The molecule has 1 atom stereocenters. The number of thiophene rings is 1. The van der Waals surface area contributed by atoms with Crippen molar-refractivity contribution in [1.82, 2.24) is 15.3 Å².